The lowest BCUT2D eigenvalue weighted by Crippen LogP contribution is -2.53. The molecule has 2 aliphatic heterocycles. The molecule has 0 spiro atoms. The van der Waals surface area contributed by atoms with Crippen LogP contribution in [0, 0.1) is 0 Å². The molecule has 1 atom stereocenters. The number of benzene rings is 1. The largest absolute Gasteiger partial charge is 0.339 e. The van der Waals surface area contributed by atoms with Gasteiger partial charge in [-0.05, 0) is 37.5 Å². The molecule has 120 valence electrons. The first-order chi connectivity index (χ1) is 10.2. The SMILES string of the molecule is CN=C1NC(NN2CCCc3ccccc32)=CC(C)N1C.I. The molecule has 0 saturated heterocycles. The Kier molecular flexibility index (Phi) is 5.55. The van der Waals surface area contributed by atoms with Crippen molar-refractivity contribution in [2.75, 3.05) is 25.6 Å². The van der Waals surface area contributed by atoms with E-state index in [1.807, 2.05) is 14.1 Å². The number of rotatable bonds is 2. The zero-order valence-electron chi connectivity index (χ0n) is 13.3. The van der Waals surface area contributed by atoms with E-state index in [1.165, 1.54) is 17.7 Å². The first-order valence-corrected chi connectivity index (χ1v) is 7.49. The van der Waals surface area contributed by atoms with Crippen molar-refractivity contribution in [2.24, 2.45) is 4.99 Å². The predicted molar refractivity (Wildman–Crippen MR) is 102 cm³/mol. The average molecular weight is 413 g/mol. The molecule has 0 saturated carbocycles. The summed E-state index contributed by atoms with van der Waals surface area (Å²) in [4.78, 5) is 6.42. The van der Waals surface area contributed by atoms with Gasteiger partial charge in [-0.25, -0.2) is 0 Å². The summed E-state index contributed by atoms with van der Waals surface area (Å²) < 4.78 is 0. The number of guanidine groups is 1. The van der Waals surface area contributed by atoms with E-state index in [-0.39, 0.29) is 24.0 Å². The number of aryl methyl sites for hydroxylation is 1. The van der Waals surface area contributed by atoms with E-state index >= 15 is 0 Å². The summed E-state index contributed by atoms with van der Waals surface area (Å²) in [6, 6.07) is 8.90. The van der Waals surface area contributed by atoms with Crippen LogP contribution in [0.15, 0.2) is 41.2 Å². The maximum absolute atomic E-state index is 4.30. The Bertz CT molecular complexity index is 584. The van der Waals surface area contributed by atoms with E-state index in [2.05, 4.69) is 62.9 Å². The zero-order valence-corrected chi connectivity index (χ0v) is 15.7. The van der Waals surface area contributed by atoms with Gasteiger partial charge in [0.15, 0.2) is 5.96 Å². The molecule has 0 radical (unpaired) electrons. The van der Waals surface area contributed by atoms with Crippen molar-refractivity contribution in [2.45, 2.75) is 25.8 Å². The number of anilines is 1. The van der Waals surface area contributed by atoms with Gasteiger partial charge >= 0.3 is 0 Å². The smallest absolute Gasteiger partial charge is 0.199 e. The van der Waals surface area contributed by atoms with Crippen LogP contribution >= 0.6 is 24.0 Å². The Balaban J connectivity index is 0.00000176. The third-order valence-electron chi connectivity index (χ3n) is 4.18. The Morgan fingerprint density at radius 3 is 2.86 bits per heavy atom. The van der Waals surface area contributed by atoms with Crippen molar-refractivity contribution in [1.82, 2.24) is 15.6 Å². The predicted octanol–water partition coefficient (Wildman–Crippen LogP) is 2.31. The van der Waals surface area contributed by atoms with Crippen LogP contribution in [-0.4, -0.2) is 37.5 Å². The van der Waals surface area contributed by atoms with Gasteiger partial charge in [0.25, 0.3) is 0 Å². The lowest BCUT2D eigenvalue weighted by Gasteiger charge is -2.37. The minimum atomic E-state index is 0. The van der Waals surface area contributed by atoms with Gasteiger partial charge in [-0.3, -0.25) is 15.4 Å². The normalized spacial score (nSPS) is 22.4. The average Bonchev–Trinajstić information content (AvgIpc) is 2.51. The maximum Gasteiger partial charge on any atom is 0.199 e. The molecule has 2 aliphatic rings. The Labute approximate surface area is 149 Å². The van der Waals surface area contributed by atoms with Crippen molar-refractivity contribution < 1.29 is 0 Å². The minimum Gasteiger partial charge on any atom is -0.339 e. The third kappa shape index (κ3) is 3.31. The van der Waals surface area contributed by atoms with Crippen molar-refractivity contribution in [1.29, 1.82) is 0 Å². The quantitative estimate of drug-likeness (QED) is 0.731. The molecule has 0 bridgehead atoms. The number of likely N-dealkylation sites (N-methyl/N-ethyl adjacent to an activating group) is 1. The van der Waals surface area contributed by atoms with Crippen molar-refractivity contribution in [3.05, 3.63) is 41.7 Å². The van der Waals surface area contributed by atoms with Gasteiger partial charge in [-0.1, -0.05) is 18.2 Å². The van der Waals surface area contributed by atoms with E-state index in [4.69, 9.17) is 0 Å². The van der Waals surface area contributed by atoms with E-state index in [9.17, 15) is 0 Å². The van der Waals surface area contributed by atoms with E-state index in [0.717, 1.165) is 24.7 Å². The van der Waals surface area contributed by atoms with Crippen molar-refractivity contribution in [3.63, 3.8) is 0 Å². The van der Waals surface area contributed by atoms with E-state index in [0.29, 0.717) is 6.04 Å². The molecule has 6 heteroatoms. The maximum atomic E-state index is 4.30. The third-order valence-corrected chi connectivity index (χ3v) is 4.18. The fraction of sp³-hybridized carbons (Fsp3) is 0.438. The lowest BCUT2D eigenvalue weighted by molar-refractivity contribution is 0.414. The molecular formula is C16H24IN5. The molecule has 0 amide bonds. The molecule has 2 heterocycles. The van der Waals surface area contributed by atoms with Crippen molar-refractivity contribution in [3.8, 4) is 0 Å². The highest BCUT2D eigenvalue weighted by atomic mass is 127. The highest BCUT2D eigenvalue weighted by molar-refractivity contribution is 14.0. The van der Waals surface area contributed by atoms with Crippen molar-refractivity contribution >= 4 is 35.6 Å². The fourth-order valence-electron chi connectivity index (χ4n) is 2.87. The standard InChI is InChI=1S/C16H23N5.HI/c1-12-11-15(18-16(17-2)20(12)3)19-21-10-6-8-13-7-4-5-9-14(13)21;/h4-5,7,9,11-12,19H,6,8,10H2,1-3H3,(H,17,18);1H. The molecule has 2 N–H and O–H groups in total. The molecule has 0 aromatic heterocycles. The zero-order chi connectivity index (χ0) is 14.8. The van der Waals surface area contributed by atoms with Gasteiger partial charge in [0.2, 0.25) is 0 Å². The highest BCUT2D eigenvalue weighted by Crippen LogP contribution is 2.25. The van der Waals surface area contributed by atoms with Crippen LogP contribution in [0.25, 0.3) is 0 Å². The van der Waals surface area contributed by atoms with Crippen LogP contribution in [0.4, 0.5) is 5.69 Å². The molecule has 1 aromatic carbocycles. The fourth-order valence-corrected chi connectivity index (χ4v) is 2.87. The van der Waals surface area contributed by atoms with Gasteiger partial charge in [-0.15, -0.1) is 24.0 Å². The number of hydrogen-bond donors (Lipinski definition) is 2. The number of hydrogen-bond acceptors (Lipinski definition) is 3. The monoisotopic (exact) mass is 413 g/mol. The van der Waals surface area contributed by atoms with E-state index < -0.39 is 0 Å². The van der Waals surface area contributed by atoms with Crippen LogP contribution < -0.4 is 15.8 Å². The van der Waals surface area contributed by atoms with Crippen LogP contribution in [-0.2, 0) is 6.42 Å². The summed E-state index contributed by atoms with van der Waals surface area (Å²) in [6.45, 7) is 3.18. The molecule has 0 aliphatic carbocycles. The Morgan fingerprint density at radius 1 is 1.32 bits per heavy atom. The van der Waals surface area contributed by atoms with Crippen LogP contribution in [0.5, 0.6) is 0 Å². The Hall–Kier alpha value is -1.44. The summed E-state index contributed by atoms with van der Waals surface area (Å²) in [5.74, 6) is 1.88. The topological polar surface area (TPSA) is 42.9 Å². The summed E-state index contributed by atoms with van der Waals surface area (Å²) in [5, 5.41) is 5.57. The van der Waals surface area contributed by atoms with Gasteiger partial charge in [-0.2, -0.15) is 0 Å². The molecule has 1 unspecified atom stereocenters. The Morgan fingerprint density at radius 2 is 2.09 bits per heavy atom. The van der Waals surface area contributed by atoms with Gasteiger partial charge in [0.1, 0.15) is 5.82 Å². The number of nitrogens with one attached hydrogen (secondary N) is 2. The summed E-state index contributed by atoms with van der Waals surface area (Å²) in [7, 11) is 3.86. The number of para-hydroxylation sites is 1. The highest BCUT2D eigenvalue weighted by Gasteiger charge is 2.22. The number of hydrazine groups is 1. The molecule has 5 nitrogen and oxygen atoms in total. The molecule has 3 rings (SSSR count). The second-order valence-corrected chi connectivity index (χ2v) is 5.60. The number of nitrogens with zero attached hydrogens (tertiary/aromatic N) is 3. The van der Waals surface area contributed by atoms with Gasteiger partial charge in [0, 0.05) is 20.6 Å². The van der Waals surface area contributed by atoms with Gasteiger partial charge < -0.3 is 10.2 Å². The van der Waals surface area contributed by atoms with Crippen LogP contribution in [0.2, 0.25) is 0 Å². The summed E-state index contributed by atoms with van der Waals surface area (Å²) >= 11 is 0. The molecule has 22 heavy (non-hydrogen) atoms. The summed E-state index contributed by atoms with van der Waals surface area (Å²) in [6.07, 6.45) is 4.51. The molecular weight excluding hydrogens is 389 g/mol. The first kappa shape index (κ1) is 16.9. The van der Waals surface area contributed by atoms with Crippen LogP contribution in [0.1, 0.15) is 18.9 Å². The first-order valence-electron chi connectivity index (χ1n) is 7.49. The molecule has 1 aromatic rings. The molecule has 0 fully saturated rings. The number of halogens is 1. The number of aliphatic imine (C=N–C) groups is 1. The van der Waals surface area contributed by atoms with Gasteiger partial charge in [0.05, 0.1) is 11.7 Å². The number of fused-ring (bicyclic) bond motifs is 1. The summed E-state index contributed by atoms with van der Waals surface area (Å²) in [5.41, 5.74) is 6.18. The second kappa shape index (κ2) is 7.21. The second-order valence-electron chi connectivity index (χ2n) is 5.60. The van der Waals surface area contributed by atoms with Crippen LogP contribution in [0.3, 0.4) is 0 Å². The lowest BCUT2D eigenvalue weighted by atomic mass is 10.0. The van der Waals surface area contributed by atoms with E-state index in [1.54, 1.807) is 0 Å². The minimum absolute atomic E-state index is 0.